The Morgan fingerprint density at radius 2 is 2.16 bits per heavy atom. The molecule has 1 aliphatic rings. The average Bonchev–Trinajstić information content (AvgIpc) is 3.19. The van der Waals surface area contributed by atoms with E-state index in [-0.39, 0.29) is 11.6 Å². The third-order valence-corrected chi connectivity index (χ3v) is 5.41. The van der Waals surface area contributed by atoms with Gasteiger partial charge < -0.3 is 14.8 Å². The SMILES string of the molecule is CCN1CCc2ccc(NC(=O)CNS(=O)(=O)c3cn(C)cn3)cc21. The standard InChI is InChI=1S/C16H21N5O3S/c1-3-21-7-6-12-4-5-13(8-14(12)21)19-15(22)9-18-25(23,24)16-10-20(2)11-17-16/h4-5,8,10-11,18H,3,6-7,9H2,1-2H3,(H,19,22). The molecule has 0 aliphatic carbocycles. The van der Waals surface area contributed by atoms with Crippen molar-refractivity contribution in [2.45, 2.75) is 18.4 Å². The molecule has 1 aromatic carbocycles. The first kappa shape index (κ1) is 17.4. The van der Waals surface area contributed by atoms with Crippen molar-refractivity contribution in [3.8, 4) is 0 Å². The second-order valence-corrected chi connectivity index (χ2v) is 7.64. The number of nitrogens with zero attached hydrogens (tertiary/aromatic N) is 3. The van der Waals surface area contributed by atoms with Gasteiger partial charge in [-0.1, -0.05) is 6.07 Å². The van der Waals surface area contributed by atoms with Crippen molar-refractivity contribution in [1.29, 1.82) is 0 Å². The zero-order chi connectivity index (χ0) is 18.0. The Bertz CT molecular complexity index is 891. The van der Waals surface area contributed by atoms with E-state index < -0.39 is 15.9 Å². The van der Waals surface area contributed by atoms with E-state index in [9.17, 15) is 13.2 Å². The number of carbonyl (C=O) groups excluding carboxylic acids is 1. The van der Waals surface area contributed by atoms with Gasteiger partial charge in [0.1, 0.15) is 0 Å². The Balaban J connectivity index is 1.62. The molecule has 0 saturated heterocycles. The molecule has 9 heteroatoms. The summed E-state index contributed by atoms with van der Waals surface area (Å²) in [5.74, 6) is -0.430. The molecule has 0 radical (unpaired) electrons. The number of nitrogens with one attached hydrogen (secondary N) is 2. The number of hydrogen-bond donors (Lipinski definition) is 2. The number of amides is 1. The lowest BCUT2D eigenvalue weighted by Crippen LogP contribution is -2.33. The number of rotatable bonds is 6. The van der Waals surface area contributed by atoms with Crippen molar-refractivity contribution in [2.75, 3.05) is 29.9 Å². The summed E-state index contributed by atoms with van der Waals surface area (Å²) in [6.07, 6.45) is 3.76. The van der Waals surface area contributed by atoms with Gasteiger partial charge in [-0.05, 0) is 31.0 Å². The average molecular weight is 363 g/mol. The third kappa shape index (κ3) is 3.83. The van der Waals surface area contributed by atoms with Gasteiger partial charge in [0, 0.05) is 37.7 Å². The fourth-order valence-corrected chi connectivity index (χ4v) is 3.78. The number of benzene rings is 1. The van der Waals surface area contributed by atoms with Gasteiger partial charge in [-0.3, -0.25) is 4.79 Å². The Morgan fingerprint density at radius 3 is 2.84 bits per heavy atom. The maximum atomic E-state index is 12.1. The highest BCUT2D eigenvalue weighted by Crippen LogP contribution is 2.30. The third-order valence-electron chi connectivity index (χ3n) is 4.12. The second-order valence-electron chi connectivity index (χ2n) is 5.92. The fourth-order valence-electron chi connectivity index (χ4n) is 2.82. The van der Waals surface area contributed by atoms with Crippen LogP contribution < -0.4 is 14.9 Å². The zero-order valence-corrected chi connectivity index (χ0v) is 15.0. The van der Waals surface area contributed by atoms with Crippen molar-refractivity contribution in [1.82, 2.24) is 14.3 Å². The van der Waals surface area contributed by atoms with Gasteiger partial charge in [0.2, 0.25) is 5.91 Å². The summed E-state index contributed by atoms with van der Waals surface area (Å²) in [4.78, 5) is 18.1. The van der Waals surface area contributed by atoms with E-state index in [0.29, 0.717) is 5.69 Å². The first-order valence-electron chi connectivity index (χ1n) is 8.04. The molecule has 0 saturated carbocycles. The van der Waals surface area contributed by atoms with Gasteiger partial charge in [-0.15, -0.1) is 0 Å². The van der Waals surface area contributed by atoms with Gasteiger partial charge in [-0.2, -0.15) is 0 Å². The Kier molecular flexibility index (Phi) is 4.78. The minimum atomic E-state index is -3.80. The van der Waals surface area contributed by atoms with Gasteiger partial charge in [0.15, 0.2) is 5.03 Å². The second kappa shape index (κ2) is 6.85. The summed E-state index contributed by atoms with van der Waals surface area (Å²) < 4.78 is 27.9. The first-order valence-corrected chi connectivity index (χ1v) is 9.52. The van der Waals surface area contributed by atoms with E-state index >= 15 is 0 Å². The van der Waals surface area contributed by atoms with Crippen LogP contribution in [0, 0.1) is 0 Å². The van der Waals surface area contributed by atoms with E-state index in [2.05, 4.69) is 26.8 Å². The molecule has 0 unspecified atom stereocenters. The molecule has 8 nitrogen and oxygen atoms in total. The lowest BCUT2D eigenvalue weighted by Gasteiger charge is -2.17. The number of hydrogen-bond acceptors (Lipinski definition) is 5. The zero-order valence-electron chi connectivity index (χ0n) is 14.2. The number of carbonyl (C=O) groups is 1. The molecule has 2 N–H and O–H groups in total. The summed E-state index contributed by atoms with van der Waals surface area (Å²) in [5.41, 5.74) is 3.03. The number of imidazole rings is 1. The normalized spacial score (nSPS) is 13.8. The summed E-state index contributed by atoms with van der Waals surface area (Å²) in [6, 6.07) is 5.76. The highest BCUT2D eigenvalue weighted by molar-refractivity contribution is 7.89. The number of fused-ring (bicyclic) bond motifs is 1. The van der Waals surface area contributed by atoms with Crippen molar-refractivity contribution in [3.05, 3.63) is 36.3 Å². The van der Waals surface area contributed by atoms with Crippen molar-refractivity contribution >= 4 is 27.3 Å². The summed E-state index contributed by atoms with van der Waals surface area (Å²) in [5, 5.41) is 2.62. The molecule has 1 amide bonds. The fraction of sp³-hybridized carbons (Fsp3) is 0.375. The molecular weight excluding hydrogens is 342 g/mol. The molecule has 0 fully saturated rings. The van der Waals surface area contributed by atoms with Crippen LogP contribution in [0.3, 0.4) is 0 Å². The maximum absolute atomic E-state index is 12.1. The molecule has 134 valence electrons. The quantitative estimate of drug-likeness (QED) is 0.788. The predicted molar refractivity (Wildman–Crippen MR) is 95.1 cm³/mol. The van der Waals surface area contributed by atoms with Crippen LogP contribution in [0.25, 0.3) is 0 Å². The highest BCUT2D eigenvalue weighted by Gasteiger charge is 2.20. The minimum absolute atomic E-state index is 0.112. The molecule has 2 heterocycles. The van der Waals surface area contributed by atoms with E-state index in [1.165, 1.54) is 22.7 Å². The number of aryl methyl sites for hydroxylation is 1. The van der Waals surface area contributed by atoms with Crippen molar-refractivity contribution in [2.24, 2.45) is 7.05 Å². The monoisotopic (exact) mass is 363 g/mol. The van der Waals surface area contributed by atoms with Gasteiger partial charge >= 0.3 is 0 Å². The van der Waals surface area contributed by atoms with Gasteiger partial charge in [0.05, 0.1) is 12.9 Å². The molecule has 2 aromatic rings. The van der Waals surface area contributed by atoms with E-state index in [1.807, 2.05) is 18.2 Å². The van der Waals surface area contributed by atoms with Gasteiger partial charge in [-0.25, -0.2) is 18.1 Å². The molecule has 0 bridgehead atoms. The number of anilines is 2. The van der Waals surface area contributed by atoms with Crippen LogP contribution in [0.2, 0.25) is 0 Å². The van der Waals surface area contributed by atoms with Crippen LogP contribution in [0.1, 0.15) is 12.5 Å². The molecule has 25 heavy (non-hydrogen) atoms. The van der Waals surface area contributed by atoms with Gasteiger partial charge in [0.25, 0.3) is 10.0 Å². The van der Waals surface area contributed by atoms with Crippen molar-refractivity contribution in [3.63, 3.8) is 0 Å². The molecule has 0 spiro atoms. The molecule has 0 atom stereocenters. The van der Waals surface area contributed by atoms with Crippen LogP contribution in [0.5, 0.6) is 0 Å². The molecule has 1 aromatic heterocycles. The Hall–Kier alpha value is -2.39. The maximum Gasteiger partial charge on any atom is 0.260 e. The van der Waals surface area contributed by atoms with Crippen LogP contribution in [-0.4, -0.2) is 43.5 Å². The number of likely N-dealkylation sites (N-methyl/N-ethyl adjacent to an activating group) is 1. The summed E-state index contributed by atoms with van der Waals surface area (Å²) in [7, 11) is -2.13. The Labute approximate surface area is 146 Å². The molecule has 3 rings (SSSR count). The first-order chi connectivity index (χ1) is 11.9. The van der Waals surface area contributed by atoms with E-state index in [0.717, 1.165) is 25.2 Å². The predicted octanol–water partition coefficient (Wildman–Crippen LogP) is 0.719. The number of aromatic nitrogens is 2. The highest BCUT2D eigenvalue weighted by atomic mass is 32.2. The van der Waals surface area contributed by atoms with Crippen LogP contribution in [0.4, 0.5) is 11.4 Å². The summed E-state index contributed by atoms with van der Waals surface area (Å²) >= 11 is 0. The lowest BCUT2D eigenvalue weighted by atomic mass is 10.1. The largest absolute Gasteiger partial charge is 0.371 e. The van der Waals surface area contributed by atoms with Crippen LogP contribution in [-0.2, 0) is 28.3 Å². The lowest BCUT2D eigenvalue weighted by molar-refractivity contribution is -0.115. The van der Waals surface area contributed by atoms with E-state index in [1.54, 1.807) is 7.05 Å². The van der Waals surface area contributed by atoms with Crippen LogP contribution in [0.15, 0.2) is 35.7 Å². The van der Waals surface area contributed by atoms with Crippen molar-refractivity contribution < 1.29 is 13.2 Å². The summed E-state index contributed by atoms with van der Waals surface area (Å²) in [6.45, 7) is 3.63. The topological polar surface area (TPSA) is 96.3 Å². The number of sulfonamides is 1. The molecular formula is C16H21N5O3S. The minimum Gasteiger partial charge on any atom is -0.371 e. The Morgan fingerprint density at radius 1 is 1.36 bits per heavy atom. The van der Waals surface area contributed by atoms with Crippen LogP contribution >= 0.6 is 0 Å². The smallest absolute Gasteiger partial charge is 0.260 e. The van der Waals surface area contributed by atoms with E-state index in [4.69, 9.17) is 0 Å². The molecule has 1 aliphatic heterocycles.